The number of non-ortho nitro benzene ring substituents is 1. The average molecular weight is 350 g/mol. The minimum Gasteiger partial charge on any atom is -0.452 e. The van der Waals surface area contributed by atoms with Gasteiger partial charge in [0, 0.05) is 17.8 Å². The quantitative estimate of drug-likeness (QED) is 0.431. The zero-order valence-corrected chi connectivity index (χ0v) is 13.5. The first-order chi connectivity index (χ1) is 12.5. The number of nitro groups is 1. The van der Waals surface area contributed by atoms with Crippen LogP contribution in [0.1, 0.15) is 10.4 Å². The molecule has 1 N–H and O–H groups in total. The van der Waals surface area contributed by atoms with E-state index in [2.05, 4.69) is 5.32 Å². The molecule has 0 aliphatic carbocycles. The molecule has 0 atom stereocenters. The fourth-order valence-corrected chi connectivity index (χ4v) is 2.48. The third kappa shape index (κ3) is 3.84. The third-order valence-corrected chi connectivity index (χ3v) is 3.71. The summed E-state index contributed by atoms with van der Waals surface area (Å²) in [5.41, 5.74) is 0.679. The van der Waals surface area contributed by atoms with Crippen molar-refractivity contribution >= 4 is 34.0 Å². The molecule has 130 valence electrons. The fraction of sp³-hybridized carbons (Fsp3) is 0.0526. The molecule has 3 rings (SSSR count). The summed E-state index contributed by atoms with van der Waals surface area (Å²) >= 11 is 0. The molecule has 0 unspecified atom stereocenters. The first-order valence-corrected chi connectivity index (χ1v) is 7.74. The van der Waals surface area contributed by atoms with Gasteiger partial charge in [0.1, 0.15) is 0 Å². The molecular weight excluding hydrogens is 336 g/mol. The van der Waals surface area contributed by atoms with E-state index >= 15 is 0 Å². The highest BCUT2D eigenvalue weighted by Crippen LogP contribution is 2.19. The van der Waals surface area contributed by atoms with Gasteiger partial charge in [-0.15, -0.1) is 0 Å². The van der Waals surface area contributed by atoms with Crippen molar-refractivity contribution in [1.29, 1.82) is 0 Å². The van der Waals surface area contributed by atoms with Gasteiger partial charge in [0.05, 0.1) is 10.5 Å². The number of esters is 1. The minimum atomic E-state index is -0.597. The van der Waals surface area contributed by atoms with E-state index in [-0.39, 0.29) is 5.69 Å². The second-order valence-corrected chi connectivity index (χ2v) is 5.46. The maximum atomic E-state index is 12.3. The number of fused-ring (bicyclic) bond motifs is 1. The van der Waals surface area contributed by atoms with Crippen molar-refractivity contribution in [1.82, 2.24) is 0 Å². The molecule has 0 aromatic heterocycles. The van der Waals surface area contributed by atoms with Gasteiger partial charge in [-0.05, 0) is 29.0 Å². The lowest BCUT2D eigenvalue weighted by atomic mass is 10.1. The topological polar surface area (TPSA) is 98.5 Å². The molecule has 0 aliphatic heterocycles. The molecule has 0 heterocycles. The maximum absolute atomic E-state index is 12.3. The first kappa shape index (κ1) is 17.1. The van der Waals surface area contributed by atoms with Crippen LogP contribution in [0.3, 0.4) is 0 Å². The van der Waals surface area contributed by atoms with Crippen LogP contribution in [0.4, 0.5) is 11.4 Å². The molecule has 26 heavy (non-hydrogen) atoms. The first-order valence-electron chi connectivity index (χ1n) is 7.74. The van der Waals surface area contributed by atoms with E-state index < -0.39 is 23.4 Å². The van der Waals surface area contributed by atoms with Crippen molar-refractivity contribution in [2.24, 2.45) is 0 Å². The summed E-state index contributed by atoms with van der Waals surface area (Å²) in [6, 6.07) is 18.0. The van der Waals surface area contributed by atoms with Gasteiger partial charge >= 0.3 is 5.97 Å². The number of ether oxygens (including phenoxy) is 1. The average Bonchev–Trinajstić information content (AvgIpc) is 2.66. The smallest absolute Gasteiger partial charge is 0.339 e. The van der Waals surface area contributed by atoms with Crippen LogP contribution in [0, 0.1) is 10.1 Å². The van der Waals surface area contributed by atoms with Crippen LogP contribution in [-0.4, -0.2) is 23.4 Å². The molecule has 0 saturated heterocycles. The Labute approximate surface area is 148 Å². The zero-order valence-electron chi connectivity index (χ0n) is 13.5. The number of rotatable bonds is 5. The van der Waals surface area contributed by atoms with E-state index in [9.17, 15) is 19.7 Å². The number of nitrogens with one attached hydrogen (secondary N) is 1. The molecule has 0 saturated carbocycles. The maximum Gasteiger partial charge on any atom is 0.339 e. The Balaban J connectivity index is 1.62. The standard InChI is InChI=1S/C19H14N2O5/c22-18(20-14-8-10-15(11-9-14)21(24)25)12-26-19(23)17-7-3-5-13-4-1-2-6-16(13)17/h1-11H,12H2,(H,20,22). The highest BCUT2D eigenvalue weighted by atomic mass is 16.6. The number of nitro benzene ring substituents is 1. The third-order valence-electron chi connectivity index (χ3n) is 3.71. The van der Waals surface area contributed by atoms with Gasteiger partial charge in [0.2, 0.25) is 0 Å². The van der Waals surface area contributed by atoms with E-state index in [1.807, 2.05) is 30.3 Å². The summed E-state index contributed by atoms with van der Waals surface area (Å²) in [7, 11) is 0. The van der Waals surface area contributed by atoms with Crippen LogP contribution in [0.15, 0.2) is 66.7 Å². The SMILES string of the molecule is O=C(COC(=O)c1cccc2ccccc12)Nc1ccc([N+](=O)[O-])cc1. The van der Waals surface area contributed by atoms with Gasteiger partial charge in [-0.25, -0.2) is 4.79 Å². The summed E-state index contributed by atoms with van der Waals surface area (Å²) in [5.74, 6) is -1.13. The molecule has 3 aromatic rings. The summed E-state index contributed by atoms with van der Waals surface area (Å²) in [6.07, 6.45) is 0. The van der Waals surface area contributed by atoms with Crippen molar-refractivity contribution in [2.45, 2.75) is 0 Å². The van der Waals surface area contributed by atoms with Gasteiger partial charge in [-0.1, -0.05) is 36.4 Å². The van der Waals surface area contributed by atoms with Crippen LogP contribution >= 0.6 is 0 Å². The predicted octanol–water partition coefficient (Wildman–Crippen LogP) is 3.54. The number of anilines is 1. The summed E-state index contributed by atoms with van der Waals surface area (Å²) in [6.45, 7) is -0.459. The highest BCUT2D eigenvalue weighted by molar-refractivity contribution is 6.05. The predicted molar refractivity (Wildman–Crippen MR) is 96.0 cm³/mol. The number of carbonyl (C=O) groups is 2. The number of carbonyl (C=O) groups excluding carboxylic acids is 2. The number of hydrogen-bond acceptors (Lipinski definition) is 5. The molecule has 0 spiro atoms. The van der Waals surface area contributed by atoms with Crippen molar-refractivity contribution < 1.29 is 19.2 Å². The molecule has 1 amide bonds. The number of nitrogens with zero attached hydrogens (tertiary/aromatic N) is 1. The minimum absolute atomic E-state index is 0.0783. The Morgan fingerprint density at radius 1 is 0.962 bits per heavy atom. The van der Waals surface area contributed by atoms with Crippen molar-refractivity contribution in [3.8, 4) is 0 Å². The molecule has 0 bridgehead atoms. The van der Waals surface area contributed by atoms with Gasteiger partial charge in [0.25, 0.3) is 11.6 Å². The van der Waals surface area contributed by atoms with Crippen LogP contribution in [0.5, 0.6) is 0 Å². The number of amides is 1. The lowest BCUT2D eigenvalue weighted by Crippen LogP contribution is -2.21. The molecule has 3 aromatic carbocycles. The van der Waals surface area contributed by atoms with E-state index in [0.29, 0.717) is 11.3 Å². The molecule has 0 aliphatic rings. The van der Waals surface area contributed by atoms with E-state index in [0.717, 1.165) is 10.8 Å². The molecule has 7 nitrogen and oxygen atoms in total. The molecule has 0 fully saturated rings. The zero-order chi connectivity index (χ0) is 18.5. The van der Waals surface area contributed by atoms with Gasteiger partial charge in [-0.2, -0.15) is 0 Å². The molecular formula is C19H14N2O5. The summed E-state index contributed by atoms with van der Waals surface area (Å²) in [5, 5.41) is 14.8. The van der Waals surface area contributed by atoms with Crippen molar-refractivity contribution in [2.75, 3.05) is 11.9 Å². The second kappa shape index (κ2) is 7.43. The Bertz CT molecular complexity index is 977. The van der Waals surface area contributed by atoms with Gasteiger partial charge in [0.15, 0.2) is 6.61 Å². The van der Waals surface area contributed by atoms with E-state index in [4.69, 9.17) is 4.74 Å². The normalized spacial score (nSPS) is 10.3. The highest BCUT2D eigenvalue weighted by Gasteiger charge is 2.13. The van der Waals surface area contributed by atoms with Crippen LogP contribution in [0.25, 0.3) is 10.8 Å². The van der Waals surface area contributed by atoms with Gasteiger partial charge in [-0.3, -0.25) is 14.9 Å². The van der Waals surface area contributed by atoms with Crippen LogP contribution < -0.4 is 5.32 Å². The van der Waals surface area contributed by atoms with Gasteiger partial charge < -0.3 is 10.1 Å². The van der Waals surface area contributed by atoms with Crippen molar-refractivity contribution in [3.05, 3.63) is 82.4 Å². The molecule has 7 heteroatoms. The Morgan fingerprint density at radius 3 is 2.38 bits per heavy atom. The van der Waals surface area contributed by atoms with E-state index in [1.165, 1.54) is 24.3 Å². The Kier molecular flexibility index (Phi) is 4.89. The Hall–Kier alpha value is -3.74. The lowest BCUT2D eigenvalue weighted by molar-refractivity contribution is -0.384. The summed E-state index contributed by atoms with van der Waals surface area (Å²) < 4.78 is 5.07. The lowest BCUT2D eigenvalue weighted by Gasteiger charge is -2.08. The Morgan fingerprint density at radius 2 is 1.65 bits per heavy atom. The van der Waals surface area contributed by atoms with Crippen LogP contribution in [-0.2, 0) is 9.53 Å². The van der Waals surface area contributed by atoms with Crippen molar-refractivity contribution in [3.63, 3.8) is 0 Å². The molecule has 0 radical (unpaired) electrons. The largest absolute Gasteiger partial charge is 0.452 e. The fourth-order valence-electron chi connectivity index (χ4n) is 2.48. The van der Waals surface area contributed by atoms with E-state index in [1.54, 1.807) is 12.1 Å². The van der Waals surface area contributed by atoms with Crippen LogP contribution in [0.2, 0.25) is 0 Å². The monoisotopic (exact) mass is 350 g/mol. The number of hydrogen-bond donors (Lipinski definition) is 1. The number of benzene rings is 3. The second-order valence-electron chi connectivity index (χ2n) is 5.46. The summed E-state index contributed by atoms with van der Waals surface area (Å²) in [4.78, 5) is 34.2.